The lowest BCUT2D eigenvalue weighted by Crippen LogP contribution is -1.97. The Morgan fingerprint density at radius 3 is 2.43 bits per heavy atom. The molecule has 0 aliphatic rings. The minimum absolute atomic E-state index is 0.171. The van der Waals surface area contributed by atoms with Gasteiger partial charge < -0.3 is 0 Å². The van der Waals surface area contributed by atoms with Crippen molar-refractivity contribution in [2.75, 3.05) is 0 Å². The first-order chi connectivity index (χ1) is 11.1. The van der Waals surface area contributed by atoms with E-state index in [4.69, 9.17) is 28.2 Å². The van der Waals surface area contributed by atoms with Crippen molar-refractivity contribution in [3.05, 3.63) is 53.2 Å². The molecule has 0 saturated carbocycles. The Morgan fingerprint density at radius 1 is 0.957 bits per heavy atom. The fourth-order valence-electron chi connectivity index (χ4n) is 2.36. The van der Waals surface area contributed by atoms with Crippen molar-refractivity contribution < 1.29 is 0 Å². The van der Waals surface area contributed by atoms with Crippen molar-refractivity contribution in [2.24, 2.45) is 7.05 Å². The van der Waals surface area contributed by atoms with E-state index in [9.17, 15) is 0 Å². The molecule has 0 bridgehead atoms. The second-order valence-corrected chi connectivity index (χ2v) is 5.81. The van der Waals surface area contributed by atoms with Crippen LogP contribution in [0.25, 0.3) is 28.2 Å². The molecule has 0 aliphatic heterocycles. The minimum Gasteiger partial charge on any atom is -0.275 e. The number of fused-ring (bicyclic) bond motifs is 1. The van der Waals surface area contributed by atoms with Gasteiger partial charge in [0.1, 0.15) is 5.69 Å². The zero-order valence-electron chi connectivity index (χ0n) is 12.0. The van der Waals surface area contributed by atoms with Crippen molar-refractivity contribution >= 4 is 28.8 Å². The largest absolute Gasteiger partial charge is 0.275 e. The molecule has 0 amide bonds. The van der Waals surface area contributed by atoms with Crippen LogP contribution in [0.3, 0.4) is 0 Å². The van der Waals surface area contributed by atoms with Crippen LogP contribution >= 0.6 is 23.2 Å². The Labute approximate surface area is 141 Å². The third-order valence-electron chi connectivity index (χ3n) is 3.41. The summed E-state index contributed by atoms with van der Waals surface area (Å²) in [7, 11) is 1.85. The van der Waals surface area contributed by atoms with Gasteiger partial charge in [-0.25, -0.2) is 9.50 Å². The zero-order chi connectivity index (χ0) is 16.0. The number of hydrogen-bond acceptors (Lipinski definition) is 4. The summed E-state index contributed by atoms with van der Waals surface area (Å²) in [5.41, 5.74) is 3.77. The van der Waals surface area contributed by atoms with Crippen LogP contribution in [0.5, 0.6) is 0 Å². The van der Waals surface area contributed by atoms with Crippen LogP contribution in [0.4, 0.5) is 0 Å². The molecule has 4 aromatic rings. The van der Waals surface area contributed by atoms with E-state index in [-0.39, 0.29) is 5.28 Å². The first-order valence-electron chi connectivity index (χ1n) is 6.78. The predicted molar refractivity (Wildman–Crippen MR) is 88.4 cm³/mol. The lowest BCUT2D eigenvalue weighted by Gasteiger charge is -2.05. The molecule has 114 valence electrons. The number of aromatic nitrogens is 6. The van der Waals surface area contributed by atoms with Gasteiger partial charge in [0, 0.05) is 29.4 Å². The van der Waals surface area contributed by atoms with Crippen molar-refractivity contribution in [2.45, 2.75) is 0 Å². The van der Waals surface area contributed by atoms with E-state index in [1.54, 1.807) is 21.6 Å². The molecule has 0 unspecified atom stereocenters. The molecule has 0 radical (unpaired) electrons. The van der Waals surface area contributed by atoms with Gasteiger partial charge in [0.05, 0.1) is 18.1 Å². The Morgan fingerprint density at radius 2 is 1.74 bits per heavy atom. The predicted octanol–water partition coefficient (Wildman–Crippen LogP) is 3.50. The lowest BCUT2D eigenvalue weighted by atomic mass is 10.1. The molecule has 0 atom stereocenters. The molecule has 0 N–H and O–H groups in total. The topological polar surface area (TPSA) is 60.9 Å². The van der Waals surface area contributed by atoms with Crippen molar-refractivity contribution in [3.8, 4) is 22.5 Å². The maximum absolute atomic E-state index is 5.96. The van der Waals surface area contributed by atoms with Crippen LogP contribution in [-0.4, -0.2) is 29.4 Å². The molecule has 0 saturated heterocycles. The van der Waals surface area contributed by atoms with E-state index >= 15 is 0 Å². The van der Waals surface area contributed by atoms with Crippen molar-refractivity contribution in [1.82, 2.24) is 29.4 Å². The van der Waals surface area contributed by atoms with Gasteiger partial charge in [-0.05, 0) is 23.7 Å². The van der Waals surface area contributed by atoms with E-state index in [1.807, 2.05) is 37.5 Å². The highest BCUT2D eigenvalue weighted by Crippen LogP contribution is 2.27. The number of rotatable bonds is 2. The molecule has 3 aromatic heterocycles. The fourth-order valence-corrected chi connectivity index (χ4v) is 2.65. The molecule has 3 heterocycles. The highest BCUT2D eigenvalue weighted by Gasteiger charge is 2.15. The maximum Gasteiger partial charge on any atom is 0.243 e. The Kier molecular flexibility index (Phi) is 3.28. The number of benzene rings is 1. The maximum atomic E-state index is 5.96. The van der Waals surface area contributed by atoms with Crippen LogP contribution in [0.1, 0.15) is 0 Å². The standard InChI is InChI=1S/C15H10Cl2N6/c1-22-7-10(6-18-22)13-14-20-15(17)21-23(14)8-12(19-13)9-2-4-11(16)5-3-9/h2-8H,1H3. The molecule has 6 nitrogen and oxygen atoms in total. The number of hydrogen-bond donors (Lipinski definition) is 0. The van der Waals surface area contributed by atoms with E-state index < -0.39 is 0 Å². The van der Waals surface area contributed by atoms with Crippen LogP contribution in [0.2, 0.25) is 10.3 Å². The van der Waals surface area contributed by atoms with E-state index in [0.717, 1.165) is 16.8 Å². The summed E-state index contributed by atoms with van der Waals surface area (Å²) in [6.45, 7) is 0. The lowest BCUT2D eigenvalue weighted by molar-refractivity contribution is 0.768. The average Bonchev–Trinajstić information content (AvgIpc) is 3.11. The highest BCUT2D eigenvalue weighted by atomic mass is 35.5. The summed E-state index contributed by atoms with van der Waals surface area (Å²) in [6.07, 6.45) is 5.39. The summed E-state index contributed by atoms with van der Waals surface area (Å²) in [5, 5.41) is 9.22. The van der Waals surface area contributed by atoms with E-state index in [1.165, 1.54) is 0 Å². The van der Waals surface area contributed by atoms with Gasteiger partial charge in [-0.3, -0.25) is 4.68 Å². The van der Waals surface area contributed by atoms with Crippen molar-refractivity contribution in [1.29, 1.82) is 0 Å². The molecular weight excluding hydrogens is 335 g/mol. The van der Waals surface area contributed by atoms with Gasteiger partial charge in [0.2, 0.25) is 5.28 Å². The van der Waals surface area contributed by atoms with Crippen LogP contribution in [0.15, 0.2) is 42.9 Å². The fraction of sp³-hybridized carbons (Fsp3) is 0.0667. The summed E-state index contributed by atoms with van der Waals surface area (Å²) in [4.78, 5) is 8.96. The minimum atomic E-state index is 0.171. The van der Waals surface area contributed by atoms with Gasteiger partial charge in [-0.2, -0.15) is 10.1 Å². The van der Waals surface area contributed by atoms with Crippen LogP contribution in [-0.2, 0) is 7.05 Å². The Hall–Kier alpha value is -2.44. The quantitative estimate of drug-likeness (QED) is 0.558. The second-order valence-electron chi connectivity index (χ2n) is 5.03. The van der Waals surface area contributed by atoms with Gasteiger partial charge >= 0.3 is 0 Å². The Balaban J connectivity index is 1.98. The zero-order valence-corrected chi connectivity index (χ0v) is 13.5. The van der Waals surface area contributed by atoms with Gasteiger partial charge in [-0.15, -0.1) is 5.10 Å². The number of halogens is 2. The molecular formula is C15H10Cl2N6. The molecule has 0 aliphatic carbocycles. The molecule has 1 aromatic carbocycles. The highest BCUT2D eigenvalue weighted by molar-refractivity contribution is 6.30. The Bertz CT molecular complexity index is 1000. The van der Waals surface area contributed by atoms with Gasteiger partial charge in [0.25, 0.3) is 0 Å². The first kappa shape index (κ1) is 14.2. The summed E-state index contributed by atoms with van der Waals surface area (Å²) >= 11 is 11.9. The summed E-state index contributed by atoms with van der Waals surface area (Å²) in [6, 6.07) is 7.45. The third-order valence-corrected chi connectivity index (χ3v) is 3.82. The van der Waals surface area contributed by atoms with Gasteiger partial charge in [-0.1, -0.05) is 23.7 Å². The summed E-state index contributed by atoms with van der Waals surface area (Å²) in [5.74, 6) is 0. The van der Waals surface area contributed by atoms with E-state index in [2.05, 4.69) is 15.2 Å². The molecule has 4 rings (SSSR count). The number of aryl methyl sites for hydroxylation is 1. The van der Waals surface area contributed by atoms with Crippen LogP contribution < -0.4 is 0 Å². The molecule has 23 heavy (non-hydrogen) atoms. The smallest absolute Gasteiger partial charge is 0.243 e. The molecule has 0 fully saturated rings. The average molecular weight is 345 g/mol. The first-order valence-corrected chi connectivity index (χ1v) is 7.53. The summed E-state index contributed by atoms with van der Waals surface area (Å²) < 4.78 is 3.34. The third kappa shape index (κ3) is 2.56. The molecule has 0 spiro atoms. The normalized spacial score (nSPS) is 11.3. The molecule has 8 heteroatoms. The van der Waals surface area contributed by atoms with Crippen molar-refractivity contribution in [3.63, 3.8) is 0 Å². The van der Waals surface area contributed by atoms with Crippen LogP contribution in [0, 0.1) is 0 Å². The number of nitrogens with zero attached hydrogens (tertiary/aromatic N) is 6. The second kappa shape index (κ2) is 5.33. The van der Waals surface area contributed by atoms with E-state index in [0.29, 0.717) is 16.4 Å². The SMILES string of the molecule is Cn1cc(-c2nc(-c3ccc(Cl)cc3)cn3nc(Cl)nc23)cn1. The monoisotopic (exact) mass is 344 g/mol. The van der Waals surface area contributed by atoms with Gasteiger partial charge in [0.15, 0.2) is 5.65 Å².